The van der Waals surface area contributed by atoms with E-state index in [1.807, 2.05) is 7.05 Å². The Balaban J connectivity index is 3.01. The largest absolute Gasteiger partial charge is 0.495 e. The van der Waals surface area contributed by atoms with E-state index in [9.17, 15) is 8.42 Å². The lowest BCUT2D eigenvalue weighted by Crippen LogP contribution is -2.29. The van der Waals surface area contributed by atoms with Gasteiger partial charge in [-0.2, -0.15) is 0 Å². The van der Waals surface area contributed by atoms with Crippen LogP contribution in [-0.2, 0) is 21.3 Å². The normalized spacial score (nSPS) is 11.9. The van der Waals surface area contributed by atoms with Crippen LogP contribution in [0.25, 0.3) is 0 Å². The fourth-order valence-electron chi connectivity index (χ4n) is 1.96. The third-order valence-corrected chi connectivity index (χ3v) is 5.01. The SMILES string of the molecule is CNCc1ccc(S(=O)(=O)N(C)CCCOC)c(OC)c1. The maximum atomic E-state index is 12.6. The molecular weight excluding hydrogens is 292 g/mol. The van der Waals surface area contributed by atoms with Crippen LogP contribution in [0.3, 0.4) is 0 Å². The predicted molar refractivity (Wildman–Crippen MR) is 82.1 cm³/mol. The fourth-order valence-corrected chi connectivity index (χ4v) is 3.30. The molecule has 120 valence electrons. The van der Waals surface area contributed by atoms with Gasteiger partial charge in [0.05, 0.1) is 7.11 Å². The van der Waals surface area contributed by atoms with Crippen molar-refractivity contribution >= 4 is 10.0 Å². The second-order valence-corrected chi connectivity index (χ2v) is 6.70. The number of hydrogen-bond acceptors (Lipinski definition) is 5. The highest BCUT2D eigenvalue weighted by Gasteiger charge is 2.24. The third-order valence-electron chi connectivity index (χ3n) is 3.12. The minimum Gasteiger partial charge on any atom is -0.495 e. The number of ether oxygens (including phenoxy) is 2. The van der Waals surface area contributed by atoms with Crippen molar-refractivity contribution in [2.75, 3.05) is 41.5 Å². The van der Waals surface area contributed by atoms with Crippen molar-refractivity contribution in [3.63, 3.8) is 0 Å². The Hall–Kier alpha value is -1.15. The van der Waals surface area contributed by atoms with Crippen molar-refractivity contribution in [2.24, 2.45) is 0 Å². The van der Waals surface area contributed by atoms with Crippen LogP contribution >= 0.6 is 0 Å². The van der Waals surface area contributed by atoms with Crippen LogP contribution in [0.2, 0.25) is 0 Å². The molecule has 0 aliphatic rings. The summed E-state index contributed by atoms with van der Waals surface area (Å²) in [7, 11) is 2.90. The topological polar surface area (TPSA) is 67.9 Å². The van der Waals surface area contributed by atoms with E-state index in [1.165, 1.54) is 11.4 Å². The Labute approximate surface area is 127 Å². The first kappa shape index (κ1) is 17.9. The molecule has 0 fully saturated rings. The van der Waals surface area contributed by atoms with Crippen LogP contribution in [-0.4, -0.2) is 54.2 Å². The van der Waals surface area contributed by atoms with E-state index in [0.717, 1.165) is 5.56 Å². The molecule has 0 bridgehead atoms. The van der Waals surface area contributed by atoms with Gasteiger partial charge in [0, 0.05) is 33.9 Å². The molecule has 0 heterocycles. The zero-order valence-electron chi connectivity index (χ0n) is 13.0. The van der Waals surface area contributed by atoms with Crippen LogP contribution in [0.1, 0.15) is 12.0 Å². The van der Waals surface area contributed by atoms with Crippen molar-refractivity contribution in [1.82, 2.24) is 9.62 Å². The van der Waals surface area contributed by atoms with E-state index in [0.29, 0.717) is 31.9 Å². The number of nitrogens with zero attached hydrogens (tertiary/aromatic N) is 1. The highest BCUT2D eigenvalue weighted by Crippen LogP contribution is 2.27. The number of sulfonamides is 1. The van der Waals surface area contributed by atoms with Gasteiger partial charge >= 0.3 is 0 Å². The fraction of sp³-hybridized carbons (Fsp3) is 0.571. The molecule has 0 saturated carbocycles. The van der Waals surface area contributed by atoms with E-state index in [-0.39, 0.29) is 4.90 Å². The maximum Gasteiger partial charge on any atom is 0.246 e. The summed E-state index contributed by atoms with van der Waals surface area (Å²) in [5, 5.41) is 3.02. The summed E-state index contributed by atoms with van der Waals surface area (Å²) in [6.07, 6.45) is 0.645. The van der Waals surface area contributed by atoms with Crippen molar-refractivity contribution in [3.05, 3.63) is 23.8 Å². The smallest absolute Gasteiger partial charge is 0.246 e. The molecule has 0 saturated heterocycles. The minimum absolute atomic E-state index is 0.185. The summed E-state index contributed by atoms with van der Waals surface area (Å²) in [6, 6.07) is 5.12. The monoisotopic (exact) mass is 316 g/mol. The quantitative estimate of drug-likeness (QED) is 0.690. The first-order valence-electron chi connectivity index (χ1n) is 6.74. The van der Waals surface area contributed by atoms with Crippen molar-refractivity contribution in [3.8, 4) is 5.75 Å². The lowest BCUT2D eigenvalue weighted by Gasteiger charge is -2.19. The Morgan fingerprint density at radius 1 is 1.29 bits per heavy atom. The third kappa shape index (κ3) is 4.67. The Bertz CT molecular complexity index is 546. The van der Waals surface area contributed by atoms with Gasteiger partial charge in [0.25, 0.3) is 0 Å². The van der Waals surface area contributed by atoms with E-state index in [2.05, 4.69) is 5.32 Å². The lowest BCUT2D eigenvalue weighted by atomic mass is 10.2. The first-order valence-corrected chi connectivity index (χ1v) is 8.18. The summed E-state index contributed by atoms with van der Waals surface area (Å²) >= 11 is 0. The van der Waals surface area contributed by atoms with Gasteiger partial charge in [0.2, 0.25) is 10.0 Å². The average molecular weight is 316 g/mol. The second-order valence-electron chi connectivity index (χ2n) is 4.69. The molecule has 0 spiro atoms. The molecule has 0 aromatic heterocycles. The summed E-state index contributed by atoms with van der Waals surface area (Å²) in [4.78, 5) is 0.185. The molecule has 1 N–H and O–H groups in total. The van der Waals surface area contributed by atoms with Crippen molar-refractivity contribution in [1.29, 1.82) is 0 Å². The van der Waals surface area contributed by atoms with E-state index >= 15 is 0 Å². The van der Waals surface area contributed by atoms with Crippen LogP contribution in [0, 0.1) is 0 Å². The average Bonchev–Trinajstić information content (AvgIpc) is 2.47. The second kappa shape index (κ2) is 8.33. The molecule has 6 nitrogen and oxygen atoms in total. The molecule has 0 aliphatic carbocycles. The Morgan fingerprint density at radius 2 is 2.00 bits per heavy atom. The highest BCUT2D eigenvalue weighted by atomic mass is 32.2. The molecule has 1 rings (SSSR count). The molecule has 1 aromatic rings. The standard InChI is InChI=1S/C14H24N2O4S/c1-15-11-12-6-7-14(13(10-12)20-4)21(17,18)16(2)8-5-9-19-3/h6-7,10,15H,5,8-9,11H2,1-4H3. The maximum absolute atomic E-state index is 12.6. The molecule has 0 unspecified atom stereocenters. The van der Waals surface area contributed by atoms with Gasteiger partial charge in [-0.3, -0.25) is 0 Å². The van der Waals surface area contributed by atoms with Crippen LogP contribution < -0.4 is 10.1 Å². The van der Waals surface area contributed by atoms with Crippen molar-refractivity contribution in [2.45, 2.75) is 17.9 Å². The molecular formula is C14H24N2O4S. The number of nitrogens with one attached hydrogen (secondary N) is 1. The zero-order valence-corrected chi connectivity index (χ0v) is 13.9. The summed E-state index contributed by atoms with van der Waals surface area (Å²) in [5.41, 5.74) is 0.968. The number of hydrogen-bond donors (Lipinski definition) is 1. The summed E-state index contributed by atoms with van der Waals surface area (Å²) < 4.78 is 36.6. The molecule has 7 heteroatoms. The van der Waals surface area contributed by atoms with Crippen LogP contribution in [0.5, 0.6) is 5.75 Å². The number of methoxy groups -OCH3 is 2. The molecule has 0 atom stereocenters. The number of benzene rings is 1. The molecule has 0 radical (unpaired) electrons. The van der Waals surface area contributed by atoms with E-state index in [1.54, 1.807) is 32.4 Å². The first-order chi connectivity index (χ1) is 9.97. The van der Waals surface area contributed by atoms with Gasteiger partial charge in [0.15, 0.2) is 0 Å². The van der Waals surface area contributed by atoms with Gasteiger partial charge in [-0.1, -0.05) is 6.07 Å². The Kier molecular flexibility index (Phi) is 7.10. The van der Waals surface area contributed by atoms with Crippen molar-refractivity contribution < 1.29 is 17.9 Å². The van der Waals surface area contributed by atoms with Gasteiger partial charge in [-0.25, -0.2) is 12.7 Å². The molecule has 0 aliphatic heterocycles. The van der Waals surface area contributed by atoms with Gasteiger partial charge in [-0.15, -0.1) is 0 Å². The molecule has 1 aromatic carbocycles. The van der Waals surface area contributed by atoms with Gasteiger partial charge < -0.3 is 14.8 Å². The predicted octanol–water partition coefficient (Wildman–Crippen LogP) is 1.07. The summed E-state index contributed by atoms with van der Waals surface area (Å²) in [5.74, 6) is 0.362. The van der Waals surface area contributed by atoms with E-state index in [4.69, 9.17) is 9.47 Å². The van der Waals surface area contributed by atoms with Crippen LogP contribution in [0.15, 0.2) is 23.1 Å². The highest BCUT2D eigenvalue weighted by molar-refractivity contribution is 7.89. The minimum atomic E-state index is -3.56. The molecule has 0 amide bonds. The summed E-state index contributed by atoms with van der Waals surface area (Å²) in [6.45, 7) is 1.58. The lowest BCUT2D eigenvalue weighted by molar-refractivity contribution is 0.189. The van der Waals surface area contributed by atoms with Gasteiger partial charge in [-0.05, 0) is 31.2 Å². The molecule has 21 heavy (non-hydrogen) atoms. The Morgan fingerprint density at radius 3 is 2.57 bits per heavy atom. The van der Waals surface area contributed by atoms with Crippen LogP contribution in [0.4, 0.5) is 0 Å². The van der Waals surface area contributed by atoms with Gasteiger partial charge in [0.1, 0.15) is 10.6 Å². The zero-order chi connectivity index (χ0) is 15.9. The number of rotatable bonds is 9. The van der Waals surface area contributed by atoms with E-state index < -0.39 is 10.0 Å².